The second-order valence-electron chi connectivity index (χ2n) is 5.70. The fourth-order valence-corrected chi connectivity index (χ4v) is 3.63. The van der Waals surface area contributed by atoms with E-state index in [1.807, 2.05) is 12.1 Å². The van der Waals surface area contributed by atoms with Crippen LogP contribution in [0.3, 0.4) is 0 Å². The summed E-state index contributed by atoms with van der Waals surface area (Å²) in [6.45, 7) is 4.64. The molecule has 2 aromatic rings. The Morgan fingerprint density at radius 3 is 2.95 bits per heavy atom. The molecule has 1 saturated carbocycles. The van der Waals surface area contributed by atoms with Crippen LogP contribution < -0.4 is 5.32 Å². The summed E-state index contributed by atoms with van der Waals surface area (Å²) in [5.74, 6) is 1.45. The van der Waals surface area contributed by atoms with Crippen molar-refractivity contribution in [3.8, 4) is 0 Å². The number of fused-ring (bicyclic) bond motifs is 1. The lowest BCUT2D eigenvalue weighted by Crippen LogP contribution is -2.33. The Balaban J connectivity index is 1.91. The molecule has 102 valence electrons. The Morgan fingerprint density at radius 1 is 1.26 bits per heavy atom. The van der Waals surface area contributed by atoms with Crippen molar-refractivity contribution in [2.24, 2.45) is 11.8 Å². The molecule has 0 amide bonds. The molecule has 0 saturated heterocycles. The number of rotatable bonds is 2. The van der Waals surface area contributed by atoms with Gasteiger partial charge in [0.15, 0.2) is 0 Å². The molecule has 3 atom stereocenters. The molecule has 3 nitrogen and oxygen atoms in total. The molecule has 1 fully saturated rings. The summed E-state index contributed by atoms with van der Waals surface area (Å²) in [5, 5.41) is 4.37. The SMILES string of the molecule is CC1CCC(C)C(Nc2c(Cl)ccc3nsnc23)C1. The largest absolute Gasteiger partial charge is 0.379 e. The number of halogens is 1. The minimum Gasteiger partial charge on any atom is -0.379 e. The fraction of sp³-hybridized carbons (Fsp3) is 0.571. The van der Waals surface area contributed by atoms with Crippen LogP contribution in [0, 0.1) is 11.8 Å². The molecule has 1 N–H and O–H groups in total. The van der Waals surface area contributed by atoms with E-state index < -0.39 is 0 Å². The lowest BCUT2D eigenvalue weighted by molar-refractivity contribution is 0.281. The average Bonchev–Trinajstić information content (AvgIpc) is 2.85. The maximum atomic E-state index is 6.34. The smallest absolute Gasteiger partial charge is 0.129 e. The van der Waals surface area contributed by atoms with Gasteiger partial charge in [-0.25, -0.2) is 0 Å². The van der Waals surface area contributed by atoms with Crippen molar-refractivity contribution in [3.63, 3.8) is 0 Å². The topological polar surface area (TPSA) is 37.8 Å². The van der Waals surface area contributed by atoms with Gasteiger partial charge in [0, 0.05) is 6.04 Å². The van der Waals surface area contributed by atoms with Gasteiger partial charge < -0.3 is 5.32 Å². The molecule has 19 heavy (non-hydrogen) atoms. The van der Waals surface area contributed by atoms with Gasteiger partial charge in [-0.1, -0.05) is 31.9 Å². The molecule has 3 rings (SSSR count). The zero-order chi connectivity index (χ0) is 13.4. The third-order valence-corrected chi connectivity index (χ3v) is 5.02. The molecule has 1 aromatic heterocycles. The van der Waals surface area contributed by atoms with Crippen LogP contribution in [0.15, 0.2) is 12.1 Å². The maximum Gasteiger partial charge on any atom is 0.129 e. The van der Waals surface area contributed by atoms with Gasteiger partial charge in [0.1, 0.15) is 11.0 Å². The summed E-state index contributed by atoms with van der Waals surface area (Å²) in [7, 11) is 0. The highest BCUT2D eigenvalue weighted by molar-refractivity contribution is 7.00. The molecule has 0 radical (unpaired) electrons. The quantitative estimate of drug-likeness (QED) is 0.881. The van der Waals surface area contributed by atoms with Crippen LogP contribution in [-0.2, 0) is 0 Å². The molecule has 3 unspecified atom stereocenters. The standard InChI is InChI=1S/C14H18ClN3S/c1-8-3-4-9(2)12(7-8)16-13-10(15)5-6-11-14(13)18-19-17-11/h5-6,8-9,12,16H,3-4,7H2,1-2H3. The van der Waals surface area contributed by atoms with Crippen LogP contribution >= 0.6 is 23.3 Å². The first-order chi connectivity index (χ1) is 9.15. The lowest BCUT2D eigenvalue weighted by atomic mass is 9.80. The number of hydrogen-bond donors (Lipinski definition) is 1. The van der Waals surface area contributed by atoms with Crippen molar-refractivity contribution >= 4 is 40.0 Å². The predicted molar refractivity (Wildman–Crippen MR) is 82.0 cm³/mol. The van der Waals surface area contributed by atoms with Crippen molar-refractivity contribution in [3.05, 3.63) is 17.2 Å². The minimum absolute atomic E-state index is 0.480. The summed E-state index contributed by atoms with van der Waals surface area (Å²) < 4.78 is 8.65. The van der Waals surface area contributed by atoms with E-state index in [9.17, 15) is 0 Å². The number of aromatic nitrogens is 2. The van der Waals surface area contributed by atoms with Gasteiger partial charge in [0.05, 0.1) is 22.4 Å². The second-order valence-corrected chi connectivity index (χ2v) is 6.64. The minimum atomic E-state index is 0.480. The highest BCUT2D eigenvalue weighted by Gasteiger charge is 2.26. The van der Waals surface area contributed by atoms with Gasteiger partial charge in [-0.05, 0) is 36.8 Å². The highest BCUT2D eigenvalue weighted by atomic mass is 35.5. The summed E-state index contributed by atoms with van der Waals surface area (Å²) in [6.07, 6.45) is 3.81. The van der Waals surface area contributed by atoms with Crippen LogP contribution in [0.25, 0.3) is 11.0 Å². The first kappa shape index (κ1) is 13.1. The Hall–Kier alpha value is -0.870. The van der Waals surface area contributed by atoms with Crippen LogP contribution in [0.1, 0.15) is 33.1 Å². The lowest BCUT2D eigenvalue weighted by Gasteiger charge is -2.34. The Kier molecular flexibility index (Phi) is 3.63. The van der Waals surface area contributed by atoms with Crippen molar-refractivity contribution in [2.75, 3.05) is 5.32 Å². The van der Waals surface area contributed by atoms with E-state index >= 15 is 0 Å². The van der Waals surface area contributed by atoms with Crippen LogP contribution in [0.2, 0.25) is 5.02 Å². The third kappa shape index (κ3) is 2.56. The van der Waals surface area contributed by atoms with Crippen molar-refractivity contribution in [2.45, 2.75) is 39.2 Å². The maximum absolute atomic E-state index is 6.34. The summed E-state index contributed by atoms with van der Waals surface area (Å²) >= 11 is 7.58. The summed E-state index contributed by atoms with van der Waals surface area (Å²) in [6, 6.07) is 4.32. The van der Waals surface area contributed by atoms with E-state index in [2.05, 4.69) is 27.9 Å². The second kappa shape index (κ2) is 5.25. The normalized spacial score (nSPS) is 27.6. The zero-order valence-corrected chi connectivity index (χ0v) is 12.8. The average molecular weight is 296 g/mol. The molecular formula is C14H18ClN3S. The zero-order valence-electron chi connectivity index (χ0n) is 11.2. The Labute approximate surface area is 122 Å². The molecule has 1 aliphatic carbocycles. The summed E-state index contributed by atoms with van der Waals surface area (Å²) in [4.78, 5) is 0. The molecule has 1 heterocycles. The molecule has 0 spiro atoms. The number of nitrogens with zero attached hydrogens (tertiary/aromatic N) is 2. The summed E-state index contributed by atoms with van der Waals surface area (Å²) in [5.41, 5.74) is 2.79. The Bertz CT molecular complexity index is 583. The van der Waals surface area contributed by atoms with E-state index in [4.69, 9.17) is 11.6 Å². The molecule has 0 aliphatic heterocycles. The fourth-order valence-electron chi connectivity index (χ4n) is 2.88. The van der Waals surface area contributed by atoms with Crippen LogP contribution in [0.4, 0.5) is 5.69 Å². The van der Waals surface area contributed by atoms with Crippen molar-refractivity contribution < 1.29 is 0 Å². The van der Waals surface area contributed by atoms with Gasteiger partial charge in [0.2, 0.25) is 0 Å². The first-order valence-electron chi connectivity index (χ1n) is 6.82. The van der Waals surface area contributed by atoms with Gasteiger partial charge >= 0.3 is 0 Å². The number of nitrogens with one attached hydrogen (secondary N) is 1. The van der Waals surface area contributed by atoms with Gasteiger partial charge in [-0.2, -0.15) is 8.75 Å². The molecule has 1 aliphatic rings. The number of anilines is 1. The number of hydrogen-bond acceptors (Lipinski definition) is 4. The van der Waals surface area contributed by atoms with Crippen molar-refractivity contribution in [1.82, 2.24) is 8.75 Å². The van der Waals surface area contributed by atoms with Crippen LogP contribution in [0.5, 0.6) is 0 Å². The van der Waals surface area contributed by atoms with Gasteiger partial charge in [0.25, 0.3) is 0 Å². The van der Waals surface area contributed by atoms with Gasteiger partial charge in [-0.15, -0.1) is 0 Å². The first-order valence-corrected chi connectivity index (χ1v) is 7.93. The molecule has 5 heteroatoms. The molecular weight excluding hydrogens is 278 g/mol. The van der Waals surface area contributed by atoms with E-state index in [1.165, 1.54) is 31.0 Å². The number of benzene rings is 1. The molecule has 0 bridgehead atoms. The molecule has 1 aromatic carbocycles. The predicted octanol–water partition coefficient (Wildman–Crippen LogP) is 4.58. The van der Waals surface area contributed by atoms with E-state index in [1.54, 1.807) is 0 Å². The van der Waals surface area contributed by atoms with Crippen LogP contribution in [-0.4, -0.2) is 14.8 Å². The highest BCUT2D eigenvalue weighted by Crippen LogP contribution is 2.35. The van der Waals surface area contributed by atoms with E-state index in [-0.39, 0.29) is 0 Å². The van der Waals surface area contributed by atoms with Gasteiger partial charge in [-0.3, -0.25) is 0 Å². The van der Waals surface area contributed by atoms with E-state index in [0.29, 0.717) is 12.0 Å². The third-order valence-electron chi connectivity index (χ3n) is 4.16. The van der Waals surface area contributed by atoms with Crippen molar-refractivity contribution in [1.29, 1.82) is 0 Å². The Morgan fingerprint density at radius 2 is 2.11 bits per heavy atom. The van der Waals surface area contributed by atoms with E-state index in [0.717, 1.165) is 27.7 Å². The monoisotopic (exact) mass is 295 g/mol.